The van der Waals surface area contributed by atoms with Crippen LogP contribution in [-0.4, -0.2) is 48.3 Å². The first-order valence-corrected chi connectivity index (χ1v) is 6.14. The van der Waals surface area contributed by atoms with Crippen LogP contribution in [0.25, 0.3) is 0 Å². The molecule has 0 radical (unpaired) electrons. The zero-order valence-electron chi connectivity index (χ0n) is 10.8. The van der Waals surface area contributed by atoms with Gasteiger partial charge in [-0.2, -0.15) is 0 Å². The molecular formula is C14H18N2O2. The van der Waals surface area contributed by atoms with Gasteiger partial charge in [0.2, 0.25) is 11.8 Å². The number of hydrogen-bond donors (Lipinski definition) is 0. The van der Waals surface area contributed by atoms with Crippen LogP contribution in [0.3, 0.4) is 0 Å². The van der Waals surface area contributed by atoms with Crippen molar-refractivity contribution in [3.63, 3.8) is 0 Å². The normalized spacial score (nSPS) is 16.0. The molecule has 1 aromatic rings. The predicted octanol–water partition coefficient (Wildman–Crippen LogP) is 0.838. The van der Waals surface area contributed by atoms with Crippen molar-refractivity contribution in [1.82, 2.24) is 9.80 Å². The Bertz CT molecular complexity index is 471. The van der Waals surface area contributed by atoms with Crippen molar-refractivity contribution in [3.05, 3.63) is 35.4 Å². The van der Waals surface area contributed by atoms with Crippen molar-refractivity contribution >= 4 is 11.8 Å². The summed E-state index contributed by atoms with van der Waals surface area (Å²) in [5.41, 5.74) is 2.15. The van der Waals surface area contributed by atoms with Crippen LogP contribution in [0, 0.1) is 6.92 Å². The number of rotatable bonds is 2. The van der Waals surface area contributed by atoms with E-state index in [1.54, 1.807) is 16.8 Å². The Morgan fingerprint density at radius 2 is 2.00 bits per heavy atom. The molecule has 0 N–H and O–H groups in total. The highest BCUT2D eigenvalue weighted by atomic mass is 16.2. The topological polar surface area (TPSA) is 40.6 Å². The predicted molar refractivity (Wildman–Crippen MR) is 69.1 cm³/mol. The fourth-order valence-electron chi connectivity index (χ4n) is 2.05. The van der Waals surface area contributed by atoms with Crippen molar-refractivity contribution in [2.75, 3.05) is 26.7 Å². The van der Waals surface area contributed by atoms with Crippen LogP contribution in [0.1, 0.15) is 11.1 Å². The van der Waals surface area contributed by atoms with Crippen molar-refractivity contribution in [2.24, 2.45) is 0 Å². The number of hydrogen-bond acceptors (Lipinski definition) is 2. The molecule has 1 aliphatic rings. The molecule has 1 aromatic carbocycles. The first-order valence-electron chi connectivity index (χ1n) is 6.14. The molecular weight excluding hydrogens is 228 g/mol. The van der Waals surface area contributed by atoms with Crippen LogP contribution in [0.4, 0.5) is 0 Å². The zero-order chi connectivity index (χ0) is 13.1. The van der Waals surface area contributed by atoms with Crippen LogP contribution < -0.4 is 0 Å². The molecule has 1 saturated heterocycles. The molecule has 0 saturated carbocycles. The van der Waals surface area contributed by atoms with E-state index in [4.69, 9.17) is 0 Å². The van der Waals surface area contributed by atoms with Crippen molar-refractivity contribution in [2.45, 2.75) is 13.3 Å². The van der Waals surface area contributed by atoms with Crippen LogP contribution in [0.2, 0.25) is 0 Å². The molecule has 0 atom stereocenters. The number of benzene rings is 1. The third-order valence-electron chi connectivity index (χ3n) is 3.41. The maximum absolute atomic E-state index is 12.1. The van der Waals surface area contributed by atoms with Crippen molar-refractivity contribution in [1.29, 1.82) is 0 Å². The highest BCUT2D eigenvalue weighted by Crippen LogP contribution is 2.10. The van der Waals surface area contributed by atoms with Gasteiger partial charge < -0.3 is 9.80 Å². The van der Waals surface area contributed by atoms with E-state index in [9.17, 15) is 9.59 Å². The Kier molecular flexibility index (Phi) is 3.65. The summed E-state index contributed by atoms with van der Waals surface area (Å²) in [7, 11) is 1.77. The van der Waals surface area contributed by atoms with Crippen LogP contribution in [-0.2, 0) is 16.0 Å². The summed E-state index contributed by atoms with van der Waals surface area (Å²) in [4.78, 5) is 27.0. The smallest absolute Gasteiger partial charge is 0.241 e. The van der Waals surface area contributed by atoms with Gasteiger partial charge in [0.15, 0.2) is 0 Å². The van der Waals surface area contributed by atoms with Crippen LogP contribution >= 0.6 is 0 Å². The average Bonchev–Trinajstić information content (AvgIpc) is 2.35. The lowest BCUT2D eigenvalue weighted by Crippen LogP contribution is -2.51. The third kappa shape index (κ3) is 2.70. The quantitative estimate of drug-likeness (QED) is 0.776. The molecule has 1 aliphatic heterocycles. The van der Waals surface area contributed by atoms with E-state index in [2.05, 4.69) is 0 Å². The second kappa shape index (κ2) is 5.21. The Balaban J connectivity index is 2.01. The molecule has 0 aromatic heterocycles. The second-order valence-corrected chi connectivity index (χ2v) is 4.73. The van der Waals surface area contributed by atoms with E-state index in [-0.39, 0.29) is 18.4 Å². The second-order valence-electron chi connectivity index (χ2n) is 4.73. The summed E-state index contributed by atoms with van der Waals surface area (Å²) in [6.45, 7) is 3.46. The Morgan fingerprint density at radius 3 is 2.67 bits per heavy atom. The number of carbonyl (C=O) groups is 2. The summed E-state index contributed by atoms with van der Waals surface area (Å²) in [5.74, 6) is 0.0464. The van der Waals surface area contributed by atoms with E-state index in [0.717, 1.165) is 11.1 Å². The summed E-state index contributed by atoms with van der Waals surface area (Å²) in [6.07, 6.45) is 0.379. The molecule has 96 valence electrons. The Morgan fingerprint density at radius 1 is 1.28 bits per heavy atom. The number of likely N-dealkylation sites (N-methyl/N-ethyl adjacent to an activating group) is 1. The number of nitrogens with zero attached hydrogens (tertiary/aromatic N) is 2. The molecule has 0 spiro atoms. The minimum absolute atomic E-state index is 0.0133. The molecule has 4 nitrogen and oxygen atoms in total. The maximum Gasteiger partial charge on any atom is 0.241 e. The molecule has 0 unspecified atom stereocenters. The number of carbonyl (C=O) groups excluding carboxylic acids is 2. The van der Waals surface area contributed by atoms with E-state index in [0.29, 0.717) is 19.5 Å². The fraction of sp³-hybridized carbons (Fsp3) is 0.429. The van der Waals surface area contributed by atoms with Gasteiger partial charge in [-0.25, -0.2) is 0 Å². The van der Waals surface area contributed by atoms with E-state index >= 15 is 0 Å². The van der Waals surface area contributed by atoms with Gasteiger partial charge >= 0.3 is 0 Å². The standard InChI is InChI=1S/C14H18N2O2/c1-11-5-3-4-6-12(11)9-13(17)16-8-7-15(2)14(18)10-16/h3-6H,7-10H2,1-2H3. The van der Waals surface area contributed by atoms with Gasteiger partial charge in [0.25, 0.3) is 0 Å². The molecule has 4 heteroatoms. The molecule has 0 bridgehead atoms. The van der Waals surface area contributed by atoms with Gasteiger partial charge in [0.05, 0.1) is 13.0 Å². The van der Waals surface area contributed by atoms with Gasteiger partial charge in [-0.3, -0.25) is 9.59 Å². The van der Waals surface area contributed by atoms with E-state index < -0.39 is 0 Å². The molecule has 2 amide bonds. The van der Waals surface area contributed by atoms with Crippen molar-refractivity contribution < 1.29 is 9.59 Å². The van der Waals surface area contributed by atoms with Crippen molar-refractivity contribution in [3.8, 4) is 0 Å². The van der Waals surface area contributed by atoms with Gasteiger partial charge in [-0.05, 0) is 18.1 Å². The fourth-order valence-corrected chi connectivity index (χ4v) is 2.05. The Hall–Kier alpha value is -1.84. The molecule has 18 heavy (non-hydrogen) atoms. The highest BCUT2D eigenvalue weighted by Gasteiger charge is 2.24. The maximum atomic E-state index is 12.1. The van der Waals surface area contributed by atoms with Gasteiger partial charge in [-0.1, -0.05) is 24.3 Å². The summed E-state index contributed by atoms with van der Waals surface area (Å²) in [6, 6.07) is 7.86. The first kappa shape index (κ1) is 12.6. The third-order valence-corrected chi connectivity index (χ3v) is 3.41. The average molecular weight is 246 g/mol. The molecule has 0 aliphatic carbocycles. The molecule has 1 fully saturated rings. The van der Waals surface area contributed by atoms with Gasteiger partial charge in [0, 0.05) is 20.1 Å². The van der Waals surface area contributed by atoms with Gasteiger partial charge in [0.1, 0.15) is 0 Å². The summed E-state index contributed by atoms with van der Waals surface area (Å²) >= 11 is 0. The summed E-state index contributed by atoms with van der Waals surface area (Å²) in [5, 5.41) is 0. The lowest BCUT2D eigenvalue weighted by Gasteiger charge is -2.32. The molecule has 2 rings (SSSR count). The minimum Gasteiger partial charge on any atom is -0.342 e. The van der Waals surface area contributed by atoms with E-state index in [1.807, 2.05) is 31.2 Å². The van der Waals surface area contributed by atoms with E-state index in [1.165, 1.54) is 0 Å². The summed E-state index contributed by atoms with van der Waals surface area (Å²) < 4.78 is 0. The Labute approximate surface area is 107 Å². The monoisotopic (exact) mass is 246 g/mol. The largest absolute Gasteiger partial charge is 0.342 e. The van der Waals surface area contributed by atoms with Crippen LogP contribution in [0.15, 0.2) is 24.3 Å². The number of piperazine rings is 1. The first-order chi connectivity index (χ1) is 8.58. The SMILES string of the molecule is Cc1ccccc1CC(=O)N1CCN(C)C(=O)C1. The minimum atomic E-state index is 0.0133. The molecule has 1 heterocycles. The zero-order valence-corrected chi connectivity index (χ0v) is 10.8. The number of amides is 2. The lowest BCUT2D eigenvalue weighted by atomic mass is 10.1. The van der Waals surface area contributed by atoms with Crippen LogP contribution in [0.5, 0.6) is 0 Å². The highest BCUT2D eigenvalue weighted by molar-refractivity contribution is 5.87. The number of aryl methyl sites for hydroxylation is 1. The lowest BCUT2D eigenvalue weighted by molar-refractivity contribution is -0.143. The van der Waals surface area contributed by atoms with Gasteiger partial charge in [-0.15, -0.1) is 0 Å².